The summed E-state index contributed by atoms with van der Waals surface area (Å²) in [5.74, 6) is -0.438. The number of hydrogen-bond acceptors (Lipinski definition) is 4. The summed E-state index contributed by atoms with van der Waals surface area (Å²) in [5.41, 5.74) is 1.47. The van der Waals surface area contributed by atoms with E-state index in [1.165, 1.54) is 10.7 Å². The molecular formula is C10H10ClN3O2. The summed E-state index contributed by atoms with van der Waals surface area (Å²) in [6.07, 6.45) is 1.41. The Balaban J connectivity index is 2.60. The van der Waals surface area contributed by atoms with E-state index in [2.05, 4.69) is 10.1 Å². The second kappa shape index (κ2) is 4.09. The molecule has 0 spiro atoms. The van der Waals surface area contributed by atoms with Gasteiger partial charge in [0.15, 0.2) is 5.65 Å². The lowest BCUT2D eigenvalue weighted by Crippen LogP contribution is -2.05. The van der Waals surface area contributed by atoms with Crippen LogP contribution >= 0.6 is 11.6 Å². The van der Waals surface area contributed by atoms with E-state index in [0.717, 1.165) is 5.69 Å². The van der Waals surface area contributed by atoms with Gasteiger partial charge in [-0.1, -0.05) is 11.6 Å². The van der Waals surface area contributed by atoms with E-state index in [4.69, 9.17) is 16.3 Å². The van der Waals surface area contributed by atoms with Gasteiger partial charge in [0.1, 0.15) is 10.7 Å². The molecule has 84 valence electrons. The minimum atomic E-state index is -0.438. The normalized spacial score (nSPS) is 10.7. The SMILES string of the molecule is CCOC(=O)c1cnn2c(Cl)cc(C)nc12. The van der Waals surface area contributed by atoms with Gasteiger partial charge in [0.05, 0.1) is 12.8 Å². The minimum absolute atomic E-state index is 0.315. The molecule has 2 aromatic rings. The molecule has 0 aliphatic rings. The highest BCUT2D eigenvalue weighted by Gasteiger charge is 2.16. The van der Waals surface area contributed by atoms with Crippen LogP contribution in [0.5, 0.6) is 0 Å². The third kappa shape index (κ3) is 1.74. The van der Waals surface area contributed by atoms with E-state index >= 15 is 0 Å². The highest BCUT2D eigenvalue weighted by atomic mass is 35.5. The van der Waals surface area contributed by atoms with Crippen molar-refractivity contribution in [1.82, 2.24) is 14.6 Å². The molecule has 2 rings (SSSR count). The fraction of sp³-hybridized carbons (Fsp3) is 0.300. The molecule has 0 unspecified atom stereocenters. The first-order valence-corrected chi connectivity index (χ1v) is 5.19. The summed E-state index contributed by atoms with van der Waals surface area (Å²) in [6, 6.07) is 1.68. The molecule has 0 radical (unpaired) electrons. The standard InChI is InChI=1S/C10H10ClN3O2/c1-3-16-10(15)7-5-12-14-8(11)4-6(2)13-9(7)14/h4-5H,3H2,1-2H3. The Morgan fingerprint density at radius 2 is 2.38 bits per heavy atom. The Morgan fingerprint density at radius 1 is 1.62 bits per heavy atom. The lowest BCUT2D eigenvalue weighted by molar-refractivity contribution is 0.0528. The summed E-state index contributed by atoms with van der Waals surface area (Å²) in [6.45, 7) is 3.86. The zero-order valence-corrected chi connectivity index (χ0v) is 9.65. The number of ether oxygens (including phenoxy) is 1. The molecule has 0 saturated heterocycles. The third-order valence-corrected chi connectivity index (χ3v) is 2.32. The van der Waals surface area contributed by atoms with Gasteiger partial charge >= 0.3 is 5.97 Å². The van der Waals surface area contributed by atoms with Crippen molar-refractivity contribution >= 4 is 23.2 Å². The predicted octanol–water partition coefficient (Wildman–Crippen LogP) is 1.87. The van der Waals surface area contributed by atoms with Crippen LogP contribution < -0.4 is 0 Å². The molecule has 0 fully saturated rings. The van der Waals surface area contributed by atoms with Crippen molar-refractivity contribution in [3.05, 3.63) is 28.7 Å². The number of aryl methyl sites for hydroxylation is 1. The van der Waals surface area contributed by atoms with Crippen LogP contribution in [0.15, 0.2) is 12.3 Å². The number of halogens is 1. The van der Waals surface area contributed by atoms with Gasteiger partial charge in [-0.25, -0.2) is 14.3 Å². The summed E-state index contributed by atoms with van der Waals surface area (Å²) in [5, 5.41) is 4.40. The number of carbonyl (C=O) groups is 1. The summed E-state index contributed by atoms with van der Waals surface area (Å²) >= 11 is 5.97. The van der Waals surface area contributed by atoms with Crippen LogP contribution in [0.4, 0.5) is 0 Å². The van der Waals surface area contributed by atoms with E-state index in [1.54, 1.807) is 19.9 Å². The average Bonchev–Trinajstić information content (AvgIpc) is 2.61. The van der Waals surface area contributed by atoms with Crippen molar-refractivity contribution in [2.75, 3.05) is 6.61 Å². The summed E-state index contributed by atoms with van der Waals surface area (Å²) in [4.78, 5) is 15.8. The van der Waals surface area contributed by atoms with Crippen molar-refractivity contribution in [2.45, 2.75) is 13.8 Å². The largest absolute Gasteiger partial charge is 0.462 e. The average molecular weight is 240 g/mol. The summed E-state index contributed by atoms with van der Waals surface area (Å²) < 4.78 is 6.30. The second-order valence-electron chi connectivity index (χ2n) is 3.23. The molecule has 0 aliphatic carbocycles. The maximum Gasteiger partial charge on any atom is 0.343 e. The first-order valence-electron chi connectivity index (χ1n) is 4.81. The molecule has 6 heteroatoms. The van der Waals surface area contributed by atoms with Crippen molar-refractivity contribution in [1.29, 1.82) is 0 Å². The van der Waals surface area contributed by atoms with E-state index in [9.17, 15) is 4.79 Å². The fourth-order valence-corrected chi connectivity index (χ4v) is 1.67. The van der Waals surface area contributed by atoms with E-state index in [1.807, 2.05) is 0 Å². The highest BCUT2D eigenvalue weighted by Crippen LogP contribution is 2.16. The lowest BCUT2D eigenvalue weighted by Gasteiger charge is -2.01. The van der Waals surface area contributed by atoms with Crippen LogP contribution in [0.25, 0.3) is 5.65 Å². The molecule has 16 heavy (non-hydrogen) atoms. The first kappa shape index (κ1) is 10.9. The zero-order valence-electron chi connectivity index (χ0n) is 8.90. The smallest absolute Gasteiger partial charge is 0.343 e. The van der Waals surface area contributed by atoms with Crippen molar-refractivity contribution < 1.29 is 9.53 Å². The van der Waals surface area contributed by atoms with Crippen LogP contribution in [-0.4, -0.2) is 27.2 Å². The Kier molecular flexibility index (Phi) is 2.78. The monoisotopic (exact) mass is 239 g/mol. The Hall–Kier alpha value is -1.62. The molecule has 5 nitrogen and oxygen atoms in total. The Labute approximate surface area is 97.0 Å². The van der Waals surface area contributed by atoms with Crippen LogP contribution in [-0.2, 0) is 4.74 Å². The first-order chi connectivity index (χ1) is 7.63. The van der Waals surface area contributed by atoms with Gasteiger partial charge in [-0.15, -0.1) is 0 Å². The highest BCUT2D eigenvalue weighted by molar-refractivity contribution is 6.29. The molecular weight excluding hydrogens is 230 g/mol. The Morgan fingerprint density at radius 3 is 3.06 bits per heavy atom. The van der Waals surface area contributed by atoms with Crippen molar-refractivity contribution in [3.63, 3.8) is 0 Å². The number of carbonyl (C=O) groups excluding carboxylic acids is 1. The van der Waals surface area contributed by atoms with Crippen molar-refractivity contribution in [2.24, 2.45) is 0 Å². The van der Waals surface area contributed by atoms with E-state index < -0.39 is 5.97 Å². The third-order valence-electron chi connectivity index (χ3n) is 2.05. The van der Waals surface area contributed by atoms with Gasteiger partial charge in [-0.2, -0.15) is 5.10 Å². The number of esters is 1. The topological polar surface area (TPSA) is 56.5 Å². The van der Waals surface area contributed by atoms with Gasteiger partial charge in [-0.05, 0) is 19.9 Å². The predicted molar refractivity (Wildman–Crippen MR) is 58.7 cm³/mol. The van der Waals surface area contributed by atoms with E-state index in [-0.39, 0.29) is 0 Å². The van der Waals surface area contributed by atoms with Gasteiger partial charge in [-0.3, -0.25) is 0 Å². The van der Waals surface area contributed by atoms with Crippen molar-refractivity contribution in [3.8, 4) is 0 Å². The number of rotatable bonds is 2. The molecule has 0 atom stereocenters. The molecule has 0 amide bonds. The second-order valence-corrected chi connectivity index (χ2v) is 3.62. The molecule has 0 aliphatic heterocycles. The maximum absolute atomic E-state index is 11.6. The molecule has 0 aromatic carbocycles. The molecule has 2 aromatic heterocycles. The van der Waals surface area contributed by atoms with Crippen LogP contribution in [0.1, 0.15) is 23.0 Å². The van der Waals surface area contributed by atoms with Crippen LogP contribution in [0, 0.1) is 6.92 Å². The molecule has 0 N–H and O–H groups in total. The van der Waals surface area contributed by atoms with Gasteiger partial charge in [0.25, 0.3) is 0 Å². The number of hydrogen-bond donors (Lipinski definition) is 0. The quantitative estimate of drug-likeness (QED) is 0.593. The van der Waals surface area contributed by atoms with Crippen LogP contribution in [0.3, 0.4) is 0 Å². The zero-order chi connectivity index (χ0) is 11.7. The number of fused-ring (bicyclic) bond motifs is 1. The maximum atomic E-state index is 11.6. The number of nitrogens with zero attached hydrogens (tertiary/aromatic N) is 3. The lowest BCUT2D eigenvalue weighted by atomic mass is 10.3. The van der Waals surface area contributed by atoms with Crippen LogP contribution in [0.2, 0.25) is 5.15 Å². The Bertz CT molecular complexity index is 550. The molecule has 0 bridgehead atoms. The molecule has 2 heterocycles. The van der Waals surface area contributed by atoms with Gasteiger partial charge in [0.2, 0.25) is 0 Å². The van der Waals surface area contributed by atoms with E-state index in [0.29, 0.717) is 23.0 Å². The van der Waals surface area contributed by atoms with Gasteiger partial charge < -0.3 is 4.74 Å². The molecule has 0 saturated carbocycles. The fourth-order valence-electron chi connectivity index (χ4n) is 1.39. The minimum Gasteiger partial charge on any atom is -0.462 e. The van der Waals surface area contributed by atoms with Gasteiger partial charge in [0, 0.05) is 5.69 Å². The summed E-state index contributed by atoms with van der Waals surface area (Å²) in [7, 11) is 0. The number of aromatic nitrogens is 3.